The Morgan fingerprint density at radius 2 is 2.04 bits per heavy atom. The minimum atomic E-state index is -0.260. The Balaban J connectivity index is 2.09. The lowest BCUT2D eigenvalue weighted by Crippen LogP contribution is -2.20. The van der Waals surface area contributed by atoms with Gasteiger partial charge in [0.05, 0.1) is 5.56 Å². The second-order valence-corrected chi connectivity index (χ2v) is 7.36. The van der Waals surface area contributed by atoms with Crippen LogP contribution in [0.25, 0.3) is 0 Å². The summed E-state index contributed by atoms with van der Waals surface area (Å²) in [5.74, 6) is 0.791. The largest absolute Gasteiger partial charge is 0.483 e. The average Bonchev–Trinajstić information content (AvgIpc) is 2.78. The number of benzene rings is 1. The molecule has 0 spiro atoms. The van der Waals surface area contributed by atoms with Gasteiger partial charge in [0.15, 0.2) is 6.61 Å². The van der Waals surface area contributed by atoms with Crippen molar-refractivity contribution < 1.29 is 9.53 Å². The molecule has 4 nitrogen and oxygen atoms in total. The Morgan fingerprint density at radius 1 is 1.33 bits per heavy atom. The van der Waals surface area contributed by atoms with Crippen molar-refractivity contribution in [2.24, 2.45) is 0 Å². The van der Waals surface area contributed by atoms with Crippen molar-refractivity contribution in [2.45, 2.75) is 40.5 Å². The number of nitrogens with zero attached hydrogens (tertiary/aromatic N) is 1. The number of carbonyl (C=O) groups is 1. The Morgan fingerprint density at radius 3 is 2.67 bits per heavy atom. The van der Waals surface area contributed by atoms with E-state index in [-0.39, 0.29) is 12.5 Å². The number of nitriles is 1. The zero-order chi connectivity index (χ0) is 17.9. The van der Waals surface area contributed by atoms with E-state index >= 15 is 0 Å². The molecule has 0 bridgehead atoms. The summed E-state index contributed by atoms with van der Waals surface area (Å²) in [5.41, 5.74) is 3.61. The van der Waals surface area contributed by atoms with Gasteiger partial charge in [0.2, 0.25) is 0 Å². The number of hydrogen-bond acceptors (Lipinski definition) is 4. The Bertz CT molecular complexity index is 800. The predicted octanol–water partition coefficient (Wildman–Crippen LogP) is 4.69. The number of amides is 1. The molecule has 0 radical (unpaired) electrons. The maximum Gasteiger partial charge on any atom is 0.262 e. The van der Waals surface area contributed by atoms with Crippen molar-refractivity contribution in [3.63, 3.8) is 0 Å². The van der Waals surface area contributed by atoms with Crippen LogP contribution in [-0.2, 0) is 4.79 Å². The van der Waals surface area contributed by atoms with E-state index in [1.54, 1.807) is 0 Å². The quantitative estimate of drug-likeness (QED) is 0.857. The summed E-state index contributed by atoms with van der Waals surface area (Å²) in [6, 6.07) is 8.17. The summed E-state index contributed by atoms with van der Waals surface area (Å²) in [6.45, 7) is 9.92. The van der Waals surface area contributed by atoms with Gasteiger partial charge in [-0.3, -0.25) is 4.79 Å². The summed E-state index contributed by atoms with van der Waals surface area (Å²) in [5, 5.41) is 12.6. The fourth-order valence-corrected chi connectivity index (χ4v) is 3.43. The van der Waals surface area contributed by atoms with Crippen molar-refractivity contribution in [3.8, 4) is 11.8 Å². The van der Waals surface area contributed by atoms with E-state index in [0.717, 1.165) is 27.3 Å². The molecule has 2 rings (SSSR count). The first-order valence-electron chi connectivity index (χ1n) is 7.86. The van der Waals surface area contributed by atoms with E-state index in [9.17, 15) is 10.1 Å². The molecule has 1 amide bonds. The summed E-state index contributed by atoms with van der Waals surface area (Å²) < 4.78 is 5.73. The number of anilines is 1. The van der Waals surface area contributed by atoms with Crippen LogP contribution in [0.4, 0.5) is 5.00 Å². The van der Waals surface area contributed by atoms with Crippen LogP contribution in [-0.4, -0.2) is 12.5 Å². The summed E-state index contributed by atoms with van der Waals surface area (Å²) in [4.78, 5) is 13.2. The number of carbonyl (C=O) groups excluding carboxylic acids is 1. The molecule has 126 valence electrons. The lowest BCUT2D eigenvalue weighted by atomic mass is 10.0. The summed E-state index contributed by atoms with van der Waals surface area (Å²) in [7, 11) is 0. The van der Waals surface area contributed by atoms with Gasteiger partial charge in [-0.05, 0) is 49.4 Å². The van der Waals surface area contributed by atoms with Crippen LogP contribution in [0.15, 0.2) is 18.2 Å². The minimum absolute atomic E-state index is 0.0793. The van der Waals surface area contributed by atoms with E-state index in [1.165, 1.54) is 11.3 Å². The van der Waals surface area contributed by atoms with Crippen molar-refractivity contribution in [1.82, 2.24) is 0 Å². The lowest BCUT2D eigenvalue weighted by molar-refractivity contribution is -0.118. The van der Waals surface area contributed by atoms with Gasteiger partial charge in [-0.1, -0.05) is 26.0 Å². The molecule has 2 aromatic rings. The molecule has 1 N–H and O–H groups in total. The van der Waals surface area contributed by atoms with E-state index in [4.69, 9.17) is 4.74 Å². The highest BCUT2D eigenvalue weighted by Gasteiger charge is 2.15. The third kappa shape index (κ3) is 3.95. The molecule has 0 saturated heterocycles. The molecule has 0 aliphatic carbocycles. The predicted molar refractivity (Wildman–Crippen MR) is 97.9 cm³/mol. The summed E-state index contributed by atoms with van der Waals surface area (Å²) >= 11 is 1.42. The van der Waals surface area contributed by atoms with Crippen LogP contribution in [0.3, 0.4) is 0 Å². The molecule has 0 unspecified atom stereocenters. The molecule has 1 heterocycles. The highest BCUT2D eigenvalue weighted by Crippen LogP contribution is 2.32. The van der Waals surface area contributed by atoms with Gasteiger partial charge >= 0.3 is 0 Å². The summed E-state index contributed by atoms with van der Waals surface area (Å²) in [6.07, 6.45) is 0. The van der Waals surface area contributed by atoms with Crippen molar-refractivity contribution in [1.29, 1.82) is 5.26 Å². The number of nitrogens with one attached hydrogen (secondary N) is 1. The molecule has 0 aliphatic rings. The third-order valence-corrected chi connectivity index (χ3v) is 5.02. The topological polar surface area (TPSA) is 62.1 Å². The van der Waals surface area contributed by atoms with Crippen LogP contribution < -0.4 is 10.1 Å². The highest BCUT2D eigenvalue weighted by molar-refractivity contribution is 7.16. The SMILES string of the molecule is Cc1ccc(C(C)C)c(OCC(=O)Nc2sc(C)c(C)c2C#N)c1. The van der Waals surface area contributed by atoms with Gasteiger partial charge < -0.3 is 10.1 Å². The normalized spacial score (nSPS) is 10.5. The zero-order valence-electron chi connectivity index (χ0n) is 14.7. The molecule has 0 atom stereocenters. The molecule has 24 heavy (non-hydrogen) atoms. The molecular formula is C19H22N2O2S. The highest BCUT2D eigenvalue weighted by atomic mass is 32.1. The van der Waals surface area contributed by atoms with Crippen LogP contribution >= 0.6 is 11.3 Å². The van der Waals surface area contributed by atoms with Crippen LogP contribution in [0.5, 0.6) is 5.75 Å². The van der Waals surface area contributed by atoms with Crippen molar-refractivity contribution in [2.75, 3.05) is 11.9 Å². The van der Waals surface area contributed by atoms with Gasteiger partial charge in [-0.2, -0.15) is 5.26 Å². The molecule has 0 aliphatic heterocycles. The molecule has 5 heteroatoms. The smallest absolute Gasteiger partial charge is 0.262 e. The molecule has 0 fully saturated rings. The van der Waals surface area contributed by atoms with E-state index < -0.39 is 0 Å². The van der Waals surface area contributed by atoms with Crippen LogP contribution in [0, 0.1) is 32.1 Å². The Kier molecular flexibility index (Phi) is 5.63. The van der Waals surface area contributed by atoms with E-state index in [0.29, 0.717) is 16.5 Å². The molecular weight excluding hydrogens is 320 g/mol. The number of rotatable bonds is 5. The number of hydrogen-bond donors (Lipinski definition) is 1. The van der Waals surface area contributed by atoms with E-state index in [1.807, 2.05) is 39.0 Å². The van der Waals surface area contributed by atoms with Gasteiger partial charge in [-0.15, -0.1) is 11.3 Å². The standard InChI is InChI=1S/C19H22N2O2S/c1-11(2)15-7-6-12(3)8-17(15)23-10-18(22)21-19-16(9-20)13(4)14(5)24-19/h6-8,11H,10H2,1-5H3,(H,21,22). The first kappa shape index (κ1) is 18.0. The number of thiophene rings is 1. The van der Waals surface area contributed by atoms with Gasteiger partial charge in [0.25, 0.3) is 5.91 Å². The van der Waals surface area contributed by atoms with E-state index in [2.05, 4.69) is 25.2 Å². The van der Waals surface area contributed by atoms with Gasteiger partial charge in [-0.25, -0.2) is 0 Å². The maximum atomic E-state index is 12.2. The molecule has 0 saturated carbocycles. The lowest BCUT2D eigenvalue weighted by Gasteiger charge is -2.14. The fraction of sp³-hybridized carbons (Fsp3) is 0.368. The zero-order valence-corrected chi connectivity index (χ0v) is 15.5. The van der Waals surface area contributed by atoms with Crippen LogP contribution in [0.2, 0.25) is 0 Å². The van der Waals surface area contributed by atoms with Crippen molar-refractivity contribution >= 4 is 22.2 Å². The Labute approximate surface area is 147 Å². The number of aryl methyl sites for hydroxylation is 2. The third-order valence-electron chi connectivity index (χ3n) is 3.90. The average molecular weight is 342 g/mol. The molecule has 1 aromatic heterocycles. The minimum Gasteiger partial charge on any atom is -0.483 e. The monoisotopic (exact) mass is 342 g/mol. The van der Waals surface area contributed by atoms with Gasteiger partial charge in [0, 0.05) is 4.88 Å². The molecule has 1 aromatic carbocycles. The van der Waals surface area contributed by atoms with Crippen LogP contribution in [0.1, 0.15) is 46.9 Å². The first-order chi connectivity index (χ1) is 11.3. The second-order valence-electron chi connectivity index (χ2n) is 6.13. The second kappa shape index (κ2) is 7.50. The van der Waals surface area contributed by atoms with Gasteiger partial charge in [0.1, 0.15) is 16.8 Å². The van der Waals surface area contributed by atoms with Crippen molar-refractivity contribution in [3.05, 3.63) is 45.3 Å². The Hall–Kier alpha value is -2.32. The number of ether oxygens (including phenoxy) is 1. The maximum absolute atomic E-state index is 12.2. The first-order valence-corrected chi connectivity index (χ1v) is 8.68. The fourth-order valence-electron chi connectivity index (χ4n) is 2.40.